The van der Waals surface area contributed by atoms with Gasteiger partial charge in [0.05, 0.1) is 28.9 Å². The van der Waals surface area contributed by atoms with Gasteiger partial charge in [0.25, 0.3) is 5.91 Å². The van der Waals surface area contributed by atoms with Crippen molar-refractivity contribution in [3.05, 3.63) is 64.7 Å². The fourth-order valence-corrected chi connectivity index (χ4v) is 2.07. The molecule has 2 aromatic carbocycles. The molecule has 0 saturated carbocycles. The lowest BCUT2D eigenvalue weighted by Crippen LogP contribution is -2.31. The number of nitrogens with two attached hydrogens (primary N) is 1. The molecular formula is C15H15ClN2O2. The number of aliphatic hydroxyl groups excluding tert-OH is 1. The minimum Gasteiger partial charge on any atom is -0.397 e. The molecule has 0 unspecified atom stereocenters. The van der Waals surface area contributed by atoms with Crippen LogP contribution in [0.25, 0.3) is 0 Å². The molecule has 4 N–H and O–H groups in total. The van der Waals surface area contributed by atoms with Gasteiger partial charge in [-0.1, -0.05) is 48.0 Å². The second-order valence-corrected chi connectivity index (χ2v) is 4.73. The van der Waals surface area contributed by atoms with E-state index in [1.165, 1.54) is 0 Å². The maximum Gasteiger partial charge on any atom is 0.253 e. The van der Waals surface area contributed by atoms with Crippen molar-refractivity contribution in [1.82, 2.24) is 5.32 Å². The predicted octanol–water partition coefficient (Wildman–Crippen LogP) is 2.39. The summed E-state index contributed by atoms with van der Waals surface area (Å²) in [7, 11) is 0. The first kappa shape index (κ1) is 14.4. The number of benzene rings is 2. The van der Waals surface area contributed by atoms with Crippen LogP contribution in [-0.4, -0.2) is 17.6 Å². The summed E-state index contributed by atoms with van der Waals surface area (Å²) in [6.45, 7) is -0.198. The molecule has 1 atom stereocenters. The lowest BCUT2D eigenvalue weighted by molar-refractivity contribution is 0.0917. The molecule has 0 aliphatic heterocycles. The minimum atomic E-state index is -0.484. The number of halogens is 1. The average molecular weight is 291 g/mol. The molecule has 4 nitrogen and oxygen atoms in total. The molecule has 20 heavy (non-hydrogen) atoms. The van der Waals surface area contributed by atoms with Crippen molar-refractivity contribution in [2.45, 2.75) is 6.04 Å². The molecule has 0 aromatic heterocycles. The standard InChI is InChI=1S/C15H15ClN2O2/c16-12-8-4-7-11(14(12)17)15(20)18-13(9-19)10-5-2-1-3-6-10/h1-8,13,19H,9,17H2,(H,18,20)/t13-/m1/s1. The normalized spacial score (nSPS) is 11.9. The fourth-order valence-electron chi connectivity index (χ4n) is 1.89. The van der Waals surface area contributed by atoms with Crippen molar-refractivity contribution in [3.63, 3.8) is 0 Å². The Kier molecular flexibility index (Phi) is 4.61. The van der Waals surface area contributed by atoms with E-state index in [2.05, 4.69) is 5.32 Å². The van der Waals surface area contributed by atoms with Crippen molar-refractivity contribution in [2.24, 2.45) is 0 Å². The smallest absolute Gasteiger partial charge is 0.253 e. The number of hydrogen-bond acceptors (Lipinski definition) is 3. The molecule has 0 heterocycles. The van der Waals surface area contributed by atoms with E-state index in [9.17, 15) is 9.90 Å². The van der Waals surface area contributed by atoms with Crippen LogP contribution in [0.1, 0.15) is 22.0 Å². The second kappa shape index (κ2) is 6.41. The van der Waals surface area contributed by atoms with E-state index < -0.39 is 6.04 Å². The number of nitrogens with one attached hydrogen (secondary N) is 1. The Morgan fingerprint density at radius 1 is 1.20 bits per heavy atom. The molecule has 104 valence electrons. The lowest BCUT2D eigenvalue weighted by Gasteiger charge is -2.17. The molecular weight excluding hydrogens is 276 g/mol. The van der Waals surface area contributed by atoms with Crippen LogP contribution >= 0.6 is 11.6 Å². The largest absolute Gasteiger partial charge is 0.397 e. The Morgan fingerprint density at radius 3 is 2.55 bits per heavy atom. The number of para-hydroxylation sites is 1. The summed E-state index contributed by atoms with van der Waals surface area (Å²) in [5.74, 6) is -0.368. The number of carbonyl (C=O) groups is 1. The van der Waals surface area contributed by atoms with E-state index in [1.807, 2.05) is 30.3 Å². The number of carbonyl (C=O) groups excluding carboxylic acids is 1. The first-order valence-electron chi connectivity index (χ1n) is 6.14. The maximum absolute atomic E-state index is 12.2. The minimum absolute atomic E-state index is 0.198. The van der Waals surface area contributed by atoms with Crippen LogP contribution in [0.2, 0.25) is 5.02 Å². The molecule has 0 bridgehead atoms. The van der Waals surface area contributed by atoms with Gasteiger partial charge in [0.1, 0.15) is 0 Å². The van der Waals surface area contributed by atoms with Crippen LogP contribution in [0.3, 0.4) is 0 Å². The van der Waals surface area contributed by atoms with Gasteiger partial charge < -0.3 is 16.2 Å². The van der Waals surface area contributed by atoms with Crippen LogP contribution in [0.5, 0.6) is 0 Å². The zero-order valence-electron chi connectivity index (χ0n) is 10.7. The van der Waals surface area contributed by atoms with Gasteiger partial charge in [0.2, 0.25) is 0 Å². The van der Waals surface area contributed by atoms with Crippen molar-refractivity contribution in [2.75, 3.05) is 12.3 Å². The van der Waals surface area contributed by atoms with Crippen molar-refractivity contribution in [1.29, 1.82) is 0 Å². The quantitative estimate of drug-likeness (QED) is 0.757. The topological polar surface area (TPSA) is 75.4 Å². The van der Waals surface area contributed by atoms with Gasteiger partial charge in [-0.05, 0) is 17.7 Å². The summed E-state index contributed by atoms with van der Waals surface area (Å²) in [6.07, 6.45) is 0. The molecule has 0 aliphatic rings. The third-order valence-electron chi connectivity index (χ3n) is 2.99. The summed E-state index contributed by atoms with van der Waals surface area (Å²) in [4.78, 5) is 12.2. The van der Waals surface area contributed by atoms with E-state index in [4.69, 9.17) is 17.3 Å². The number of amides is 1. The van der Waals surface area contributed by atoms with Gasteiger partial charge >= 0.3 is 0 Å². The average Bonchev–Trinajstić information content (AvgIpc) is 2.48. The Balaban J connectivity index is 2.20. The Bertz CT molecular complexity index is 602. The zero-order chi connectivity index (χ0) is 14.5. The Labute approximate surface area is 122 Å². The molecule has 0 aliphatic carbocycles. The molecule has 0 spiro atoms. The molecule has 0 fully saturated rings. The summed E-state index contributed by atoms with van der Waals surface area (Å²) in [6, 6.07) is 13.6. The highest BCUT2D eigenvalue weighted by Gasteiger charge is 2.17. The van der Waals surface area contributed by atoms with E-state index in [0.717, 1.165) is 5.56 Å². The zero-order valence-corrected chi connectivity index (χ0v) is 11.5. The van der Waals surface area contributed by atoms with Crippen LogP contribution in [0.4, 0.5) is 5.69 Å². The fraction of sp³-hybridized carbons (Fsp3) is 0.133. The number of rotatable bonds is 4. The third-order valence-corrected chi connectivity index (χ3v) is 3.32. The summed E-state index contributed by atoms with van der Waals surface area (Å²) in [5, 5.41) is 12.5. The van der Waals surface area contributed by atoms with E-state index >= 15 is 0 Å². The summed E-state index contributed by atoms with van der Waals surface area (Å²) in [5.41, 5.74) is 7.14. The Hall–Kier alpha value is -2.04. The monoisotopic (exact) mass is 290 g/mol. The summed E-state index contributed by atoms with van der Waals surface area (Å²) >= 11 is 5.89. The summed E-state index contributed by atoms with van der Waals surface area (Å²) < 4.78 is 0. The van der Waals surface area contributed by atoms with Crippen molar-refractivity contribution < 1.29 is 9.90 Å². The first-order chi connectivity index (χ1) is 9.63. The SMILES string of the molecule is Nc1c(Cl)cccc1C(=O)N[C@H](CO)c1ccccc1. The number of nitrogen functional groups attached to an aromatic ring is 1. The lowest BCUT2D eigenvalue weighted by atomic mass is 10.1. The van der Waals surface area contributed by atoms with Crippen molar-refractivity contribution in [3.8, 4) is 0 Å². The van der Waals surface area contributed by atoms with Gasteiger partial charge in [0, 0.05) is 0 Å². The Morgan fingerprint density at radius 2 is 1.90 bits per heavy atom. The van der Waals surface area contributed by atoms with E-state index in [-0.39, 0.29) is 18.2 Å². The predicted molar refractivity (Wildman–Crippen MR) is 79.6 cm³/mol. The molecule has 1 amide bonds. The molecule has 2 aromatic rings. The van der Waals surface area contributed by atoms with Gasteiger partial charge in [-0.3, -0.25) is 4.79 Å². The number of hydrogen-bond donors (Lipinski definition) is 3. The molecule has 2 rings (SSSR count). The number of anilines is 1. The van der Waals surface area contributed by atoms with Gasteiger partial charge in [0.15, 0.2) is 0 Å². The van der Waals surface area contributed by atoms with E-state index in [1.54, 1.807) is 18.2 Å². The first-order valence-corrected chi connectivity index (χ1v) is 6.52. The van der Waals surface area contributed by atoms with Crippen LogP contribution in [0.15, 0.2) is 48.5 Å². The maximum atomic E-state index is 12.2. The van der Waals surface area contributed by atoms with Gasteiger partial charge in [-0.15, -0.1) is 0 Å². The van der Waals surface area contributed by atoms with Gasteiger partial charge in [-0.25, -0.2) is 0 Å². The van der Waals surface area contributed by atoms with Crippen LogP contribution in [0, 0.1) is 0 Å². The number of aliphatic hydroxyl groups is 1. The van der Waals surface area contributed by atoms with Crippen LogP contribution < -0.4 is 11.1 Å². The third kappa shape index (κ3) is 3.10. The van der Waals surface area contributed by atoms with Gasteiger partial charge in [-0.2, -0.15) is 0 Å². The molecule has 0 radical (unpaired) electrons. The second-order valence-electron chi connectivity index (χ2n) is 4.32. The molecule has 5 heteroatoms. The highest BCUT2D eigenvalue weighted by Crippen LogP contribution is 2.23. The molecule has 0 saturated heterocycles. The highest BCUT2D eigenvalue weighted by molar-refractivity contribution is 6.33. The van der Waals surface area contributed by atoms with Crippen LogP contribution in [-0.2, 0) is 0 Å². The highest BCUT2D eigenvalue weighted by atomic mass is 35.5. The van der Waals surface area contributed by atoms with E-state index in [0.29, 0.717) is 10.6 Å². The van der Waals surface area contributed by atoms with Crippen molar-refractivity contribution >= 4 is 23.2 Å².